The highest BCUT2D eigenvalue weighted by Crippen LogP contribution is 2.01. The minimum atomic E-state index is -4.04. The van der Waals surface area contributed by atoms with Crippen LogP contribution in [-0.2, 0) is 19.7 Å². The largest absolute Gasteiger partial charge is 0.335 e. The molecular weight excluding hydrogens is 258 g/mol. The maximum atomic E-state index is 11.6. The van der Waals surface area contributed by atoms with E-state index in [0.717, 1.165) is 0 Å². The van der Waals surface area contributed by atoms with Gasteiger partial charge in [-0.05, 0) is 18.9 Å². The third kappa shape index (κ3) is 7.18. The molecule has 0 spiro atoms. The standard InChI is InChI=1S/C11H19NO5S/c1-4-11(14)12(8-10(13)9(2)3)6-5-7-18(15,16)17/h2,4-8H2,1,3H3,(H,15,16,17). The van der Waals surface area contributed by atoms with Gasteiger partial charge in [0.05, 0.1) is 12.3 Å². The summed E-state index contributed by atoms with van der Waals surface area (Å²) in [7, 11) is -4.04. The Kier molecular flexibility index (Phi) is 6.79. The van der Waals surface area contributed by atoms with Crippen molar-refractivity contribution in [2.45, 2.75) is 26.7 Å². The summed E-state index contributed by atoms with van der Waals surface area (Å²) in [6.07, 6.45) is 0.323. The summed E-state index contributed by atoms with van der Waals surface area (Å²) >= 11 is 0. The lowest BCUT2D eigenvalue weighted by molar-refractivity contribution is -0.134. The molecule has 104 valence electrons. The number of carbonyl (C=O) groups is 2. The van der Waals surface area contributed by atoms with Crippen LogP contribution in [0.2, 0.25) is 0 Å². The molecular formula is C11H19NO5S. The Morgan fingerprint density at radius 2 is 1.89 bits per heavy atom. The van der Waals surface area contributed by atoms with Crippen LogP contribution in [0.15, 0.2) is 12.2 Å². The van der Waals surface area contributed by atoms with Crippen LogP contribution in [0, 0.1) is 0 Å². The van der Waals surface area contributed by atoms with Crippen molar-refractivity contribution in [1.29, 1.82) is 0 Å². The minimum absolute atomic E-state index is 0.0913. The molecule has 0 aromatic heterocycles. The van der Waals surface area contributed by atoms with Crippen LogP contribution in [-0.4, -0.2) is 48.4 Å². The van der Waals surface area contributed by atoms with Crippen LogP contribution >= 0.6 is 0 Å². The number of Topliss-reactive ketones (excluding diaryl/α,β-unsaturated/α-hetero) is 1. The predicted octanol–water partition coefficient (Wildman–Crippen LogP) is 0.648. The van der Waals surface area contributed by atoms with E-state index in [0.29, 0.717) is 5.57 Å². The van der Waals surface area contributed by atoms with Gasteiger partial charge in [0.1, 0.15) is 0 Å². The molecule has 0 saturated carbocycles. The number of rotatable bonds is 8. The van der Waals surface area contributed by atoms with E-state index in [1.54, 1.807) is 13.8 Å². The van der Waals surface area contributed by atoms with E-state index in [2.05, 4.69) is 6.58 Å². The van der Waals surface area contributed by atoms with E-state index in [4.69, 9.17) is 4.55 Å². The molecule has 0 heterocycles. The molecule has 18 heavy (non-hydrogen) atoms. The van der Waals surface area contributed by atoms with Crippen LogP contribution in [0.25, 0.3) is 0 Å². The maximum Gasteiger partial charge on any atom is 0.264 e. The second-order valence-corrected chi connectivity index (χ2v) is 5.58. The normalized spacial score (nSPS) is 11.1. The first kappa shape index (κ1) is 16.8. The molecule has 0 fully saturated rings. The van der Waals surface area contributed by atoms with Crippen LogP contribution in [0.3, 0.4) is 0 Å². The number of nitrogens with zero attached hydrogens (tertiary/aromatic N) is 1. The number of ketones is 1. The van der Waals surface area contributed by atoms with Gasteiger partial charge in [-0.25, -0.2) is 0 Å². The molecule has 6 nitrogen and oxygen atoms in total. The molecule has 0 aromatic rings. The summed E-state index contributed by atoms with van der Waals surface area (Å²) in [6, 6.07) is 0. The second kappa shape index (κ2) is 7.27. The Hall–Kier alpha value is -1.21. The van der Waals surface area contributed by atoms with E-state index < -0.39 is 15.9 Å². The van der Waals surface area contributed by atoms with E-state index in [1.807, 2.05) is 0 Å². The zero-order valence-electron chi connectivity index (χ0n) is 10.7. The van der Waals surface area contributed by atoms with Gasteiger partial charge in [0, 0.05) is 13.0 Å². The van der Waals surface area contributed by atoms with Crippen LogP contribution < -0.4 is 0 Å². The minimum Gasteiger partial charge on any atom is -0.335 e. The Morgan fingerprint density at radius 1 is 1.33 bits per heavy atom. The lowest BCUT2D eigenvalue weighted by Crippen LogP contribution is -2.36. The van der Waals surface area contributed by atoms with Gasteiger partial charge in [-0.2, -0.15) is 8.42 Å². The summed E-state index contributed by atoms with van der Waals surface area (Å²) in [5.74, 6) is -0.925. The first-order chi connectivity index (χ1) is 8.17. The van der Waals surface area contributed by atoms with Gasteiger partial charge in [-0.1, -0.05) is 13.5 Å². The Labute approximate surface area is 107 Å². The zero-order valence-corrected chi connectivity index (χ0v) is 11.5. The number of hydrogen-bond donors (Lipinski definition) is 1. The van der Waals surface area contributed by atoms with Gasteiger partial charge in [0.2, 0.25) is 5.91 Å². The Bertz CT molecular complexity index is 427. The van der Waals surface area contributed by atoms with Crippen molar-refractivity contribution < 1.29 is 22.6 Å². The van der Waals surface area contributed by atoms with Crippen molar-refractivity contribution in [3.8, 4) is 0 Å². The highest BCUT2D eigenvalue weighted by molar-refractivity contribution is 7.85. The molecule has 0 atom stereocenters. The van der Waals surface area contributed by atoms with Gasteiger partial charge in [0.15, 0.2) is 5.78 Å². The molecule has 0 aliphatic rings. The van der Waals surface area contributed by atoms with Gasteiger partial charge in [-0.3, -0.25) is 14.1 Å². The van der Waals surface area contributed by atoms with Crippen molar-refractivity contribution >= 4 is 21.8 Å². The molecule has 0 radical (unpaired) electrons. The first-order valence-corrected chi connectivity index (χ1v) is 7.20. The molecule has 1 amide bonds. The maximum absolute atomic E-state index is 11.6. The molecule has 0 aliphatic heterocycles. The van der Waals surface area contributed by atoms with E-state index in [9.17, 15) is 18.0 Å². The highest BCUT2D eigenvalue weighted by Gasteiger charge is 2.16. The number of hydrogen-bond acceptors (Lipinski definition) is 4. The van der Waals surface area contributed by atoms with Gasteiger partial charge in [0.25, 0.3) is 10.1 Å². The van der Waals surface area contributed by atoms with E-state index in [-0.39, 0.29) is 37.6 Å². The monoisotopic (exact) mass is 277 g/mol. The topological polar surface area (TPSA) is 91.8 Å². The van der Waals surface area contributed by atoms with Crippen molar-refractivity contribution in [3.05, 3.63) is 12.2 Å². The number of amides is 1. The SMILES string of the molecule is C=C(C)C(=O)CN(CCCS(=O)(=O)O)C(=O)CC. The van der Waals surface area contributed by atoms with Gasteiger partial charge < -0.3 is 4.90 Å². The summed E-state index contributed by atoms with van der Waals surface area (Å²) in [6.45, 7) is 6.71. The van der Waals surface area contributed by atoms with Crippen LogP contribution in [0.1, 0.15) is 26.7 Å². The quantitative estimate of drug-likeness (QED) is 0.519. The van der Waals surface area contributed by atoms with Crippen molar-refractivity contribution in [1.82, 2.24) is 4.90 Å². The second-order valence-electron chi connectivity index (χ2n) is 4.01. The summed E-state index contributed by atoms with van der Waals surface area (Å²) < 4.78 is 29.7. The fourth-order valence-corrected chi connectivity index (χ4v) is 1.76. The Morgan fingerprint density at radius 3 is 2.28 bits per heavy atom. The van der Waals surface area contributed by atoms with E-state index in [1.165, 1.54) is 4.90 Å². The zero-order chi connectivity index (χ0) is 14.3. The molecule has 0 bridgehead atoms. The lowest BCUT2D eigenvalue weighted by Gasteiger charge is -2.21. The van der Waals surface area contributed by atoms with Crippen molar-refractivity contribution in [3.63, 3.8) is 0 Å². The Balaban J connectivity index is 4.47. The molecule has 7 heteroatoms. The fraction of sp³-hybridized carbons (Fsp3) is 0.636. The molecule has 1 N–H and O–H groups in total. The number of carbonyl (C=O) groups excluding carboxylic acids is 2. The third-order valence-corrected chi connectivity index (χ3v) is 3.10. The summed E-state index contributed by atoms with van der Waals surface area (Å²) in [4.78, 5) is 24.3. The van der Waals surface area contributed by atoms with Crippen molar-refractivity contribution in [2.75, 3.05) is 18.8 Å². The van der Waals surface area contributed by atoms with Crippen LogP contribution in [0.4, 0.5) is 0 Å². The molecule has 0 rings (SSSR count). The van der Waals surface area contributed by atoms with E-state index >= 15 is 0 Å². The lowest BCUT2D eigenvalue weighted by atomic mass is 10.2. The molecule has 0 saturated heterocycles. The van der Waals surface area contributed by atoms with Gasteiger partial charge in [-0.15, -0.1) is 0 Å². The smallest absolute Gasteiger partial charge is 0.264 e. The average Bonchev–Trinajstić information content (AvgIpc) is 2.24. The van der Waals surface area contributed by atoms with Crippen LogP contribution in [0.5, 0.6) is 0 Å². The first-order valence-electron chi connectivity index (χ1n) is 5.59. The third-order valence-electron chi connectivity index (χ3n) is 2.30. The fourth-order valence-electron chi connectivity index (χ4n) is 1.26. The molecule has 0 aromatic carbocycles. The summed E-state index contributed by atoms with van der Waals surface area (Å²) in [5, 5.41) is 0. The predicted molar refractivity (Wildman–Crippen MR) is 67.7 cm³/mol. The molecule has 0 aliphatic carbocycles. The highest BCUT2D eigenvalue weighted by atomic mass is 32.2. The van der Waals surface area contributed by atoms with Gasteiger partial charge >= 0.3 is 0 Å². The summed E-state index contributed by atoms with van der Waals surface area (Å²) in [5.41, 5.74) is 0.346. The average molecular weight is 277 g/mol. The van der Waals surface area contributed by atoms with Crippen molar-refractivity contribution in [2.24, 2.45) is 0 Å². The molecule has 0 unspecified atom stereocenters.